The van der Waals surface area contributed by atoms with Crippen molar-refractivity contribution in [2.24, 2.45) is 5.92 Å². The first-order chi connectivity index (χ1) is 17.7. The number of ether oxygens (including phenoxy) is 4. The average molecular weight is 479 g/mol. The molecule has 4 aromatic rings. The SMILES string of the molecule is COc1ccc([C@@]23c4ccccc4C[C@@H]2C(c2c(OC)cc(OC)cc2OC)c2ccccc23)cc1. The van der Waals surface area contributed by atoms with Gasteiger partial charge >= 0.3 is 0 Å². The number of hydrogen-bond donors (Lipinski definition) is 0. The van der Waals surface area contributed by atoms with Gasteiger partial charge in [-0.25, -0.2) is 0 Å². The normalized spacial score (nSPS) is 21.3. The lowest BCUT2D eigenvalue weighted by Gasteiger charge is -2.35. The summed E-state index contributed by atoms with van der Waals surface area (Å²) in [5, 5.41) is 0. The summed E-state index contributed by atoms with van der Waals surface area (Å²) >= 11 is 0. The standard InChI is InChI=1S/C32H30O4/c1-33-22-15-13-21(14-16-22)32-25-11-7-5-9-20(25)17-27(32)30(24-10-6-8-12-26(24)32)31-28(35-3)18-23(34-2)19-29(31)36-4/h5-16,18-19,27,30H,17H2,1-4H3/t27-,30?,32+/m1/s1. The zero-order valence-electron chi connectivity index (χ0n) is 21.1. The largest absolute Gasteiger partial charge is 0.497 e. The van der Waals surface area contributed by atoms with Crippen LogP contribution in [0.1, 0.15) is 39.3 Å². The van der Waals surface area contributed by atoms with Crippen LogP contribution in [-0.4, -0.2) is 28.4 Å². The molecule has 0 bridgehead atoms. The second-order valence-electron chi connectivity index (χ2n) is 9.51. The second-order valence-corrected chi connectivity index (χ2v) is 9.51. The summed E-state index contributed by atoms with van der Waals surface area (Å²) in [7, 11) is 6.82. The number of fused-ring (bicyclic) bond motifs is 5. The van der Waals surface area contributed by atoms with Crippen molar-refractivity contribution in [2.45, 2.75) is 17.8 Å². The highest BCUT2D eigenvalue weighted by molar-refractivity contribution is 5.69. The molecule has 0 fully saturated rings. The molecule has 4 heteroatoms. The van der Waals surface area contributed by atoms with Crippen LogP contribution in [0.15, 0.2) is 84.9 Å². The smallest absolute Gasteiger partial charge is 0.130 e. The Morgan fingerprint density at radius 2 is 1.25 bits per heavy atom. The molecule has 0 spiro atoms. The summed E-state index contributed by atoms with van der Waals surface area (Å²) in [4.78, 5) is 0. The van der Waals surface area contributed by atoms with Crippen molar-refractivity contribution in [1.29, 1.82) is 0 Å². The van der Waals surface area contributed by atoms with Crippen LogP contribution in [0, 0.1) is 5.92 Å². The zero-order valence-corrected chi connectivity index (χ0v) is 21.1. The van der Waals surface area contributed by atoms with Gasteiger partial charge in [0.1, 0.15) is 23.0 Å². The molecule has 182 valence electrons. The van der Waals surface area contributed by atoms with Gasteiger partial charge in [0.05, 0.1) is 28.4 Å². The lowest BCUT2D eigenvalue weighted by molar-refractivity contribution is 0.347. The first-order valence-electron chi connectivity index (χ1n) is 12.3. The van der Waals surface area contributed by atoms with Crippen molar-refractivity contribution < 1.29 is 18.9 Å². The Bertz CT molecular complexity index is 1400. The zero-order chi connectivity index (χ0) is 24.9. The highest BCUT2D eigenvalue weighted by Crippen LogP contribution is 2.66. The molecule has 0 amide bonds. The highest BCUT2D eigenvalue weighted by Gasteiger charge is 2.59. The molecular formula is C32H30O4. The van der Waals surface area contributed by atoms with E-state index in [1.165, 1.54) is 27.8 Å². The lowest BCUT2D eigenvalue weighted by atomic mass is 9.67. The molecule has 4 aromatic carbocycles. The van der Waals surface area contributed by atoms with Crippen LogP contribution in [0.5, 0.6) is 23.0 Å². The monoisotopic (exact) mass is 478 g/mol. The first-order valence-corrected chi connectivity index (χ1v) is 12.3. The van der Waals surface area contributed by atoms with Gasteiger partial charge in [-0.1, -0.05) is 60.7 Å². The van der Waals surface area contributed by atoms with Gasteiger partial charge in [0.15, 0.2) is 0 Å². The maximum absolute atomic E-state index is 5.98. The number of rotatable bonds is 6. The average Bonchev–Trinajstić information content (AvgIpc) is 3.42. The summed E-state index contributed by atoms with van der Waals surface area (Å²) in [6.07, 6.45) is 0.958. The van der Waals surface area contributed by atoms with E-state index in [0.717, 1.165) is 35.0 Å². The van der Waals surface area contributed by atoms with Crippen LogP contribution in [0.3, 0.4) is 0 Å². The number of hydrogen-bond acceptors (Lipinski definition) is 4. The van der Waals surface area contributed by atoms with Crippen molar-refractivity contribution in [3.8, 4) is 23.0 Å². The molecular weight excluding hydrogens is 448 g/mol. The van der Waals surface area contributed by atoms with Crippen LogP contribution >= 0.6 is 0 Å². The van der Waals surface area contributed by atoms with Crippen molar-refractivity contribution in [3.05, 3.63) is 118 Å². The Morgan fingerprint density at radius 3 is 1.89 bits per heavy atom. The predicted octanol–water partition coefficient (Wildman–Crippen LogP) is 6.37. The van der Waals surface area contributed by atoms with E-state index in [9.17, 15) is 0 Å². The Kier molecular flexibility index (Phi) is 5.40. The Balaban J connectivity index is 1.68. The minimum Gasteiger partial charge on any atom is -0.497 e. The minimum atomic E-state index is -0.292. The topological polar surface area (TPSA) is 36.9 Å². The van der Waals surface area contributed by atoms with Gasteiger partial charge in [-0.15, -0.1) is 0 Å². The third-order valence-corrected chi connectivity index (χ3v) is 8.17. The number of methoxy groups -OCH3 is 4. The fourth-order valence-corrected chi connectivity index (χ4v) is 6.80. The van der Waals surface area contributed by atoms with E-state index in [4.69, 9.17) is 18.9 Å². The molecule has 0 N–H and O–H groups in total. The third-order valence-electron chi connectivity index (χ3n) is 8.17. The summed E-state index contributed by atoms with van der Waals surface area (Å²) in [6.45, 7) is 0. The molecule has 0 aromatic heterocycles. The van der Waals surface area contributed by atoms with E-state index in [-0.39, 0.29) is 17.3 Å². The van der Waals surface area contributed by atoms with E-state index in [1.807, 2.05) is 12.1 Å². The summed E-state index contributed by atoms with van der Waals surface area (Å²) in [5.74, 6) is 3.47. The number of benzene rings is 4. The molecule has 6 rings (SSSR count). The van der Waals surface area contributed by atoms with E-state index in [0.29, 0.717) is 0 Å². The molecule has 2 aliphatic carbocycles. The van der Waals surface area contributed by atoms with Gasteiger partial charge < -0.3 is 18.9 Å². The Hall–Kier alpha value is -3.92. The van der Waals surface area contributed by atoms with E-state index < -0.39 is 0 Å². The molecule has 0 heterocycles. The lowest BCUT2D eigenvalue weighted by Crippen LogP contribution is -2.32. The molecule has 2 aliphatic rings. The molecule has 0 saturated heterocycles. The molecule has 1 unspecified atom stereocenters. The summed E-state index contributed by atoms with van der Waals surface area (Å²) in [6, 6.07) is 30.3. The summed E-state index contributed by atoms with van der Waals surface area (Å²) in [5.41, 5.74) is 7.48. The van der Waals surface area contributed by atoms with Gasteiger partial charge in [-0.2, -0.15) is 0 Å². The molecule has 3 atom stereocenters. The fourth-order valence-electron chi connectivity index (χ4n) is 6.80. The quantitative estimate of drug-likeness (QED) is 0.323. The maximum Gasteiger partial charge on any atom is 0.130 e. The van der Waals surface area contributed by atoms with Crippen LogP contribution < -0.4 is 18.9 Å². The van der Waals surface area contributed by atoms with Crippen molar-refractivity contribution in [1.82, 2.24) is 0 Å². The van der Waals surface area contributed by atoms with Gasteiger partial charge in [-0.05, 0) is 52.3 Å². The second kappa shape index (κ2) is 8.63. The minimum absolute atomic E-state index is 0.0755. The van der Waals surface area contributed by atoms with Crippen LogP contribution in [0.25, 0.3) is 0 Å². The van der Waals surface area contributed by atoms with Crippen molar-refractivity contribution in [3.63, 3.8) is 0 Å². The van der Waals surface area contributed by atoms with E-state index in [2.05, 4.69) is 72.8 Å². The third kappa shape index (κ3) is 3.00. The fraction of sp³-hybridized carbons (Fsp3) is 0.250. The van der Waals surface area contributed by atoms with E-state index >= 15 is 0 Å². The Labute approximate surface area is 212 Å². The molecule has 0 radical (unpaired) electrons. The van der Waals surface area contributed by atoms with Gasteiger partial charge in [0.25, 0.3) is 0 Å². The van der Waals surface area contributed by atoms with Crippen LogP contribution in [0.2, 0.25) is 0 Å². The highest BCUT2D eigenvalue weighted by atomic mass is 16.5. The first kappa shape index (κ1) is 22.5. The van der Waals surface area contributed by atoms with Crippen LogP contribution in [-0.2, 0) is 11.8 Å². The van der Waals surface area contributed by atoms with Crippen LogP contribution in [0.4, 0.5) is 0 Å². The maximum atomic E-state index is 5.98. The molecule has 36 heavy (non-hydrogen) atoms. The van der Waals surface area contributed by atoms with Gasteiger partial charge in [0, 0.05) is 29.0 Å². The molecule has 0 aliphatic heterocycles. The van der Waals surface area contributed by atoms with E-state index in [1.54, 1.807) is 28.4 Å². The van der Waals surface area contributed by atoms with Gasteiger partial charge in [0.2, 0.25) is 0 Å². The van der Waals surface area contributed by atoms with Gasteiger partial charge in [-0.3, -0.25) is 0 Å². The summed E-state index contributed by atoms with van der Waals surface area (Å²) < 4.78 is 23.0. The van der Waals surface area contributed by atoms with Crippen molar-refractivity contribution >= 4 is 0 Å². The Morgan fingerprint density at radius 1 is 0.639 bits per heavy atom. The molecule has 4 nitrogen and oxygen atoms in total. The molecule has 0 saturated carbocycles. The predicted molar refractivity (Wildman–Crippen MR) is 141 cm³/mol. The van der Waals surface area contributed by atoms with Crippen molar-refractivity contribution in [2.75, 3.05) is 28.4 Å².